The summed E-state index contributed by atoms with van der Waals surface area (Å²) in [6.07, 6.45) is 4.21. The van der Waals surface area contributed by atoms with Gasteiger partial charge in [-0.1, -0.05) is 12.1 Å². The van der Waals surface area contributed by atoms with Gasteiger partial charge in [0.05, 0.1) is 17.8 Å². The molecule has 0 atom stereocenters. The van der Waals surface area contributed by atoms with Gasteiger partial charge in [0.15, 0.2) is 4.96 Å². The van der Waals surface area contributed by atoms with Gasteiger partial charge in [0.25, 0.3) is 0 Å². The van der Waals surface area contributed by atoms with E-state index in [9.17, 15) is 9.90 Å². The molecule has 0 bridgehead atoms. The summed E-state index contributed by atoms with van der Waals surface area (Å²) in [5, 5.41) is 11.9. The van der Waals surface area contributed by atoms with Crippen molar-refractivity contribution in [2.75, 3.05) is 31.1 Å². The van der Waals surface area contributed by atoms with Crippen LogP contribution in [0.2, 0.25) is 0 Å². The van der Waals surface area contributed by atoms with Crippen LogP contribution in [-0.4, -0.2) is 51.5 Å². The maximum absolute atomic E-state index is 12.5. The number of rotatable bonds is 3. The van der Waals surface area contributed by atoms with Crippen molar-refractivity contribution in [2.45, 2.75) is 6.42 Å². The molecule has 2 aromatic heterocycles. The predicted octanol–water partition coefficient (Wildman–Crippen LogP) is 1.99. The van der Waals surface area contributed by atoms with Gasteiger partial charge in [-0.3, -0.25) is 9.20 Å². The number of aromatic nitrogens is 2. The van der Waals surface area contributed by atoms with E-state index in [-0.39, 0.29) is 11.7 Å². The predicted molar refractivity (Wildman–Crippen MR) is 93.7 cm³/mol. The highest BCUT2D eigenvalue weighted by Crippen LogP contribution is 2.27. The lowest BCUT2D eigenvalue weighted by Gasteiger charge is -2.36. The fraction of sp³-hybridized carbons (Fsp3) is 0.294. The molecule has 7 heteroatoms. The number of benzene rings is 1. The minimum atomic E-state index is 0.109. The summed E-state index contributed by atoms with van der Waals surface area (Å²) in [6.45, 7) is 2.77. The first kappa shape index (κ1) is 15.0. The first-order valence-electron chi connectivity index (χ1n) is 7.92. The average molecular weight is 342 g/mol. The number of phenols is 1. The number of para-hydroxylation sites is 2. The second kappa shape index (κ2) is 6.16. The second-order valence-electron chi connectivity index (χ2n) is 5.86. The Morgan fingerprint density at radius 3 is 2.75 bits per heavy atom. The van der Waals surface area contributed by atoms with Crippen molar-refractivity contribution in [3.05, 3.63) is 47.7 Å². The number of phenolic OH excluding ortho intramolecular Hbond substituents is 1. The van der Waals surface area contributed by atoms with Crippen LogP contribution in [0.3, 0.4) is 0 Å². The number of hydrogen-bond donors (Lipinski definition) is 1. The van der Waals surface area contributed by atoms with Crippen LogP contribution in [0.15, 0.2) is 42.0 Å². The van der Waals surface area contributed by atoms with E-state index in [2.05, 4.69) is 9.88 Å². The number of thiazole rings is 1. The SMILES string of the molecule is O=C(Cc1cn2ccsc2n1)N1CCN(c2ccccc2O)CC1. The van der Waals surface area contributed by atoms with E-state index in [4.69, 9.17) is 0 Å². The quantitative estimate of drug-likeness (QED) is 0.791. The molecular weight excluding hydrogens is 324 g/mol. The van der Waals surface area contributed by atoms with Crippen molar-refractivity contribution >= 4 is 27.9 Å². The van der Waals surface area contributed by atoms with Crippen LogP contribution in [-0.2, 0) is 11.2 Å². The standard InChI is InChI=1S/C17H18N4O2S/c22-15-4-2-1-3-14(15)19-5-7-20(8-6-19)16(23)11-13-12-21-9-10-24-17(21)18-13/h1-4,9-10,12,22H,5-8,11H2. The Balaban J connectivity index is 1.37. The second-order valence-corrected chi connectivity index (χ2v) is 6.73. The van der Waals surface area contributed by atoms with Crippen molar-refractivity contribution in [1.29, 1.82) is 0 Å². The fourth-order valence-corrected chi connectivity index (χ4v) is 3.78. The Kier molecular flexibility index (Phi) is 3.86. The molecule has 0 saturated carbocycles. The molecule has 1 aliphatic rings. The topological polar surface area (TPSA) is 61.1 Å². The minimum absolute atomic E-state index is 0.109. The zero-order chi connectivity index (χ0) is 16.5. The average Bonchev–Trinajstić information content (AvgIpc) is 3.17. The van der Waals surface area contributed by atoms with Crippen LogP contribution in [0.5, 0.6) is 5.75 Å². The van der Waals surface area contributed by atoms with E-state index in [0.29, 0.717) is 19.5 Å². The van der Waals surface area contributed by atoms with Crippen molar-refractivity contribution in [3.63, 3.8) is 0 Å². The number of piperazine rings is 1. The van der Waals surface area contributed by atoms with Crippen molar-refractivity contribution in [3.8, 4) is 5.75 Å². The van der Waals surface area contributed by atoms with Crippen LogP contribution in [0.25, 0.3) is 4.96 Å². The molecule has 1 saturated heterocycles. The van der Waals surface area contributed by atoms with Crippen LogP contribution >= 0.6 is 11.3 Å². The highest BCUT2D eigenvalue weighted by molar-refractivity contribution is 7.15. The Morgan fingerprint density at radius 1 is 1.21 bits per heavy atom. The summed E-state index contributed by atoms with van der Waals surface area (Å²) in [5.41, 5.74) is 1.65. The molecule has 1 aliphatic heterocycles. The van der Waals surface area contributed by atoms with Gasteiger partial charge in [0, 0.05) is 44.0 Å². The molecule has 0 spiro atoms. The van der Waals surface area contributed by atoms with Gasteiger partial charge in [-0.15, -0.1) is 11.3 Å². The summed E-state index contributed by atoms with van der Waals surface area (Å²) in [6, 6.07) is 7.33. The van der Waals surface area contributed by atoms with Gasteiger partial charge >= 0.3 is 0 Å². The highest BCUT2D eigenvalue weighted by atomic mass is 32.1. The zero-order valence-electron chi connectivity index (χ0n) is 13.1. The summed E-state index contributed by atoms with van der Waals surface area (Å²) >= 11 is 1.57. The van der Waals surface area contributed by atoms with Crippen molar-refractivity contribution in [1.82, 2.24) is 14.3 Å². The van der Waals surface area contributed by atoms with E-state index in [1.807, 2.05) is 45.3 Å². The summed E-state index contributed by atoms with van der Waals surface area (Å²) in [4.78, 5) is 21.9. The molecule has 0 radical (unpaired) electrons. The normalized spacial score (nSPS) is 15.2. The van der Waals surface area contributed by atoms with Gasteiger partial charge < -0.3 is 14.9 Å². The van der Waals surface area contributed by atoms with E-state index in [1.54, 1.807) is 17.4 Å². The smallest absolute Gasteiger partial charge is 0.228 e. The van der Waals surface area contributed by atoms with Crippen molar-refractivity contribution in [2.24, 2.45) is 0 Å². The van der Waals surface area contributed by atoms with Gasteiger partial charge in [-0.2, -0.15) is 0 Å². The van der Waals surface area contributed by atoms with Gasteiger partial charge in [0.1, 0.15) is 5.75 Å². The molecule has 1 aromatic carbocycles. The largest absolute Gasteiger partial charge is 0.506 e. The van der Waals surface area contributed by atoms with Crippen LogP contribution in [0.1, 0.15) is 5.69 Å². The first-order chi connectivity index (χ1) is 11.7. The summed E-state index contributed by atoms with van der Waals surface area (Å²) in [7, 11) is 0. The lowest BCUT2D eigenvalue weighted by atomic mass is 10.2. The molecule has 24 heavy (non-hydrogen) atoms. The van der Waals surface area contributed by atoms with E-state index in [1.165, 1.54) is 0 Å². The van der Waals surface area contributed by atoms with Crippen molar-refractivity contribution < 1.29 is 9.90 Å². The third-order valence-electron chi connectivity index (χ3n) is 4.33. The van der Waals surface area contributed by atoms with Crippen LogP contribution < -0.4 is 4.90 Å². The molecule has 1 amide bonds. The monoisotopic (exact) mass is 342 g/mol. The molecule has 0 unspecified atom stereocenters. The number of carbonyl (C=O) groups is 1. The Morgan fingerprint density at radius 2 is 2.00 bits per heavy atom. The number of fused-ring (bicyclic) bond motifs is 1. The third-order valence-corrected chi connectivity index (χ3v) is 5.10. The van der Waals surface area contributed by atoms with Crippen LogP contribution in [0.4, 0.5) is 5.69 Å². The molecule has 0 aliphatic carbocycles. The Hall–Kier alpha value is -2.54. The fourth-order valence-electron chi connectivity index (χ4n) is 3.06. The number of amides is 1. The third kappa shape index (κ3) is 2.82. The van der Waals surface area contributed by atoms with E-state index in [0.717, 1.165) is 29.4 Å². The van der Waals surface area contributed by atoms with E-state index >= 15 is 0 Å². The zero-order valence-corrected chi connectivity index (χ0v) is 13.9. The Labute approximate surface area is 143 Å². The molecule has 3 aromatic rings. The maximum atomic E-state index is 12.5. The number of imidazole rings is 1. The summed E-state index contributed by atoms with van der Waals surface area (Å²) in [5.74, 6) is 0.396. The molecule has 3 heterocycles. The lowest BCUT2D eigenvalue weighted by Crippen LogP contribution is -2.49. The number of carbonyl (C=O) groups excluding carboxylic acids is 1. The van der Waals surface area contributed by atoms with E-state index < -0.39 is 0 Å². The van der Waals surface area contributed by atoms with Crippen LogP contribution in [0, 0.1) is 0 Å². The summed E-state index contributed by atoms with van der Waals surface area (Å²) < 4.78 is 1.95. The lowest BCUT2D eigenvalue weighted by molar-refractivity contribution is -0.130. The number of nitrogens with zero attached hydrogens (tertiary/aromatic N) is 4. The highest BCUT2D eigenvalue weighted by Gasteiger charge is 2.23. The first-order valence-corrected chi connectivity index (χ1v) is 8.80. The minimum Gasteiger partial charge on any atom is -0.506 e. The maximum Gasteiger partial charge on any atom is 0.228 e. The molecule has 1 N–H and O–H groups in total. The molecule has 124 valence electrons. The molecule has 1 fully saturated rings. The molecular formula is C17H18N4O2S. The molecule has 6 nitrogen and oxygen atoms in total. The van der Waals surface area contributed by atoms with Gasteiger partial charge in [-0.25, -0.2) is 4.98 Å². The number of anilines is 1. The van der Waals surface area contributed by atoms with Gasteiger partial charge in [0.2, 0.25) is 5.91 Å². The van der Waals surface area contributed by atoms with Gasteiger partial charge in [-0.05, 0) is 12.1 Å². The molecule has 4 rings (SSSR count). The number of aromatic hydroxyl groups is 1. The number of hydrogen-bond acceptors (Lipinski definition) is 5. The Bertz CT molecular complexity index is 836.